The molecule has 2 N–H and O–H groups in total. The van der Waals surface area contributed by atoms with E-state index in [1.165, 1.54) is 6.08 Å². The Hall–Kier alpha value is -3.54. The predicted molar refractivity (Wildman–Crippen MR) is 119 cm³/mol. The third-order valence-electron chi connectivity index (χ3n) is 4.29. The lowest BCUT2D eigenvalue weighted by Crippen LogP contribution is -2.34. The van der Waals surface area contributed by atoms with Crippen molar-refractivity contribution in [2.75, 3.05) is 20.8 Å². The lowest BCUT2D eigenvalue weighted by molar-refractivity contribution is -0.121. The van der Waals surface area contributed by atoms with Gasteiger partial charge in [-0.25, -0.2) is 0 Å². The molecule has 6 nitrogen and oxygen atoms in total. The van der Waals surface area contributed by atoms with Crippen LogP contribution in [-0.2, 0) is 9.59 Å². The van der Waals surface area contributed by atoms with Gasteiger partial charge in [0.1, 0.15) is 17.2 Å². The number of benzene rings is 2. The molecule has 2 aromatic carbocycles. The summed E-state index contributed by atoms with van der Waals surface area (Å²) in [5, 5.41) is 5.51. The van der Waals surface area contributed by atoms with Gasteiger partial charge in [0.05, 0.1) is 14.2 Å². The quantitative estimate of drug-likeness (QED) is 0.463. The van der Waals surface area contributed by atoms with Crippen LogP contribution in [-0.4, -0.2) is 32.6 Å². The van der Waals surface area contributed by atoms with E-state index < -0.39 is 5.91 Å². The van der Waals surface area contributed by atoms with E-state index in [1.807, 2.05) is 43.3 Å². The first-order valence-corrected chi connectivity index (χ1v) is 9.82. The Balaban J connectivity index is 2.13. The summed E-state index contributed by atoms with van der Waals surface area (Å²) in [7, 11) is 3.19. The van der Waals surface area contributed by atoms with Crippen molar-refractivity contribution in [2.45, 2.75) is 19.8 Å². The van der Waals surface area contributed by atoms with Gasteiger partial charge in [0.2, 0.25) is 5.91 Å². The molecule has 2 aromatic rings. The molecule has 6 heteroatoms. The minimum atomic E-state index is -0.392. The second-order valence-corrected chi connectivity index (χ2v) is 6.54. The molecule has 0 heterocycles. The molecule has 0 radical (unpaired) electrons. The van der Waals surface area contributed by atoms with Crippen molar-refractivity contribution >= 4 is 24.0 Å². The molecule has 0 aliphatic heterocycles. The Bertz CT molecular complexity index is 884. The average Bonchev–Trinajstić information content (AvgIpc) is 2.78. The summed E-state index contributed by atoms with van der Waals surface area (Å²) < 4.78 is 10.3. The zero-order valence-corrected chi connectivity index (χ0v) is 17.6. The highest BCUT2D eigenvalue weighted by Gasteiger charge is 2.11. The number of hydrogen-bond acceptors (Lipinski definition) is 4. The number of unbranched alkanes of at least 4 members (excludes halogenated alkanes) is 1. The normalized spacial score (nSPS) is 11.2. The monoisotopic (exact) mass is 408 g/mol. The van der Waals surface area contributed by atoms with E-state index in [0.29, 0.717) is 12.3 Å². The maximum absolute atomic E-state index is 12.6. The number of carbonyl (C=O) groups is 2. The van der Waals surface area contributed by atoms with Crippen LogP contribution in [0.2, 0.25) is 0 Å². The fraction of sp³-hybridized carbons (Fsp3) is 0.250. The van der Waals surface area contributed by atoms with Crippen molar-refractivity contribution in [3.8, 4) is 11.5 Å². The Morgan fingerprint density at radius 3 is 2.00 bits per heavy atom. The Labute approximate surface area is 177 Å². The molecule has 0 saturated carbocycles. The summed E-state index contributed by atoms with van der Waals surface area (Å²) in [5.74, 6) is 0.735. The number of amides is 2. The molecule has 0 fully saturated rings. The SMILES string of the molecule is CCCCNC(=O)/C(=C\c1ccc(OC)cc1)NC(=O)/C=C/c1ccc(OC)cc1. The summed E-state index contributed by atoms with van der Waals surface area (Å²) in [4.78, 5) is 25.0. The Morgan fingerprint density at radius 1 is 0.900 bits per heavy atom. The minimum Gasteiger partial charge on any atom is -0.497 e. The van der Waals surface area contributed by atoms with Gasteiger partial charge in [-0.15, -0.1) is 0 Å². The highest BCUT2D eigenvalue weighted by atomic mass is 16.5. The summed E-state index contributed by atoms with van der Waals surface area (Å²) in [6.45, 7) is 2.60. The summed E-state index contributed by atoms with van der Waals surface area (Å²) >= 11 is 0. The lowest BCUT2D eigenvalue weighted by Gasteiger charge is -2.10. The molecule has 0 atom stereocenters. The van der Waals surface area contributed by atoms with Gasteiger partial charge < -0.3 is 20.1 Å². The van der Waals surface area contributed by atoms with Crippen LogP contribution in [0.1, 0.15) is 30.9 Å². The first-order valence-electron chi connectivity index (χ1n) is 9.82. The second kappa shape index (κ2) is 12.1. The second-order valence-electron chi connectivity index (χ2n) is 6.54. The van der Waals surface area contributed by atoms with E-state index in [-0.39, 0.29) is 11.6 Å². The Morgan fingerprint density at radius 2 is 1.47 bits per heavy atom. The van der Waals surface area contributed by atoms with Crippen LogP contribution in [0.4, 0.5) is 0 Å². The molecule has 158 valence electrons. The summed E-state index contributed by atoms with van der Waals surface area (Å²) in [5.41, 5.74) is 1.80. The number of methoxy groups -OCH3 is 2. The Kier molecular flexibility index (Phi) is 9.18. The first kappa shape index (κ1) is 22.7. The van der Waals surface area contributed by atoms with Gasteiger partial charge in [0.25, 0.3) is 5.91 Å². The van der Waals surface area contributed by atoms with E-state index in [0.717, 1.165) is 29.7 Å². The predicted octanol–water partition coefficient (Wildman–Crippen LogP) is 3.79. The standard InChI is InChI=1S/C24H28N2O4/c1-4-5-16-25-24(28)22(17-19-8-13-21(30-3)14-9-19)26-23(27)15-10-18-6-11-20(29-2)12-7-18/h6-15,17H,4-5,16H2,1-3H3,(H,25,28)(H,26,27)/b15-10+,22-17+. The summed E-state index contributed by atoms with van der Waals surface area (Å²) in [6, 6.07) is 14.5. The van der Waals surface area contributed by atoms with Crippen molar-refractivity contribution in [3.05, 3.63) is 71.4 Å². The highest BCUT2D eigenvalue weighted by Crippen LogP contribution is 2.14. The number of nitrogens with one attached hydrogen (secondary N) is 2. The molecule has 30 heavy (non-hydrogen) atoms. The van der Waals surface area contributed by atoms with Gasteiger partial charge in [-0.05, 0) is 54.0 Å². The number of rotatable bonds is 10. The van der Waals surface area contributed by atoms with Crippen LogP contribution >= 0.6 is 0 Å². The maximum atomic E-state index is 12.6. The van der Waals surface area contributed by atoms with E-state index in [4.69, 9.17) is 9.47 Å². The third-order valence-corrected chi connectivity index (χ3v) is 4.29. The molecule has 0 aliphatic rings. The molecule has 0 aliphatic carbocycles. The minimum absolute atomic E-state index is 0.181. The van der Waals surface area contributed by atoms with Gasteiger partial charge in [-0.3, -0.25) is 9.59 Å². The van der Waals surface area contributed by atoms with Crippen molar-refractivity contribution in [3.63, 3.8) is 0 Å². The topological polar surface area (TPSA) is 76.7 Å². The molecule has 0 spiro atoms. The molecular formula is C24H28N2O4. The van der Waals surface area contributed by atoms with Gasteiger partial charge in [0.15, 0.2) is 0 Å². The van der Waals surface area contributed by atoms with E-state index in [9.17, 15) is 9.59 Å². The van der Waals surface area contributed by atoms with Crippen LogP contribution in [0, 0.1) is 0 Å². The zero-order chi connectivity index (χ0) is 21.8. The van der Waals surface area contributed by atoms with E-state index >= 15 is 0 Å². The van der Waals surface area contributed by atoms with Crippen LogP contribution in [0.3, 0.4) is 0 Å². The first-order chi connectivity index (χ1) is 14.5. The molecule has 0 unspecified atom stereocenters. The fourth-order valence-corrected chi connectivity index (χ4v) is 2.56. The largest absolute Gasteiger partial charge is 0.497 e. The van der Waals surface area contributed by atoms with Crippen molar-refractivity contribution in [1.82, 2.24) is 10.6 Å². The van der Waals surface area contributed by atoms with Crippen molar-refractivity contribution in [2.24, 2.45) is 0 Å². The lowest BCUT2D eigenvalue weighted by atomic mass is 10.1. The third kappa shape index (κ3) is 7.47. The van der Waals surface area contributed by atoms with Crippen molar-refractivity contribution in [1.29, 1.82) is 0 Å². The van der Waals surface area contributed by atoms with Gasteiger partial charge >= 0.3 is 0 Å². The van der Waals surface area contributed by atoms with Crippen LogP contribution < -0.4 is 20.1 Å². The smallest absolute Gasteiger partial charge is 0.267 e. The molecule has 2 rings (SSSR count). The van der Waals surface area contributed by atoms with Crippen LogP contribution in [0.5, 0.6) is 11.5 Å². The molecule has 0 bridgehead atoms. The van der Waals surface area contributed by atoms with Crippen molar-refractivity contribution < 1.29 is 19.1 Å². The van der Waals surface area contributed by atoms with Crippen LogP contribution in [0.15, 0.2) is 60.3 Å². The highest BCUT2D eigenvalue weighted by molar-refractivity contribution is 6.04. The number of ether oxygens (including phenoxy) is 2. The molecule has 0 saturated heterocycles. The van der Waals surface area contributed by atoms with E-state index in [2.05, 4.69) is 10.6 Å². The zero-order valence-electron chi connectivity index (χ0n) is 17.6. The summed E-state index contributed by atoms with van der Waals surface area (Å²) in [6.07, 6.45) is 6.54. The van der Waals surface area contributed by atoms with Gasteiger partial charge in [0, 0.05) is 12.6 Å². The molecule has 2 amide bonds. The van der Waals surface area contributed by atoms with Crippen LogP contribution in [0.25, 0.3) is 12.2 Å². The van der Waals surface area contributed by atoms with Gasteiger partial charge in [-0.2, -0.15) is 0 Å². The molecule has 0 aromatic heterocycles. The van der Waals surface area contributed by atoms with E-state index in [1.54, 1.807) is 38.5 Å². The number of hydrogen-bond donors (Lipinski definition) is 2. The average molecular weight is 408 g/mol. The fourth-order valence-electron chi connectivity index (χ4n) is 2.56. The number of carbonyl (C=O) groups excluding carboxylic acids is 2. The molecular weight excluding hydrogens is 380 g/mol. The maximum Gasteiger partial charge on any atom is 0.267 e. The van der Waals surface area contributed by atoms with Gasteiger partial charge in [-0.1, -0.05) is 37.6 Å².